The number of carbonyl (C=O) groups excluding carboxylic acids is 1. The molecule has 0 amide bonds. The molecule has 0 bridgehead atoms. The number of rotatable bonds is 2. The van der Waals surface area contributed by atoms with Crippen LogP contribution in [0.25, 0.3) is 0 Å². The minimum atomic E-state index is -4.63. The summed E-state index contributed by atoms with van der Waals surface area (Å²) in [5.74, 6) is -1.80. The van der Waals surface area contributed by atoms with Crippen LogP contribution in [0.3, 0.4) is 0 Å². The van der Waals surface area contributed by atoms with Crippen molar-refractivity contribution >= 4 is 13.6 Å². The van der Waals surface area contributed by atoms with E-state index in [2.05, 4.69) is 5.26 Å². The van der Waals surface area contributed by atoms with Gasteiger partial charge in [0, 0.05) is 5.97 Å². The molecular formula is C2H7Na2O8P. The molecule has 0 heterocycles. The van der Waals surface area contributed by atoms with E-state index in [4.69, 9.17) is 10.2 Å². The third kappa shape index (κ3) is 42.3. The minimum absolute atomic E-state index is 0. The maximum Gasteiger partial charge on any atom is 1.00 e. The molecule has 8 nitrogen and oxygen atoms in total. The van der Waals surface area contributed by atoms with E-state index in [9.17, 15) is 19.4 Å². The van der Waals surface area contributed by atoms with E-state index in [0.29, 0.717) is 0 Å². The zero-order valence-corrected chi connectivity index (χ0v) is 12.0. The average molecular weight is 236 g/mol. The summed E-state index contributed by atoms with van der Waals surface area (Å²) >= 11 is 0. The van der Waals surface area contributed by atoms with Crippen LogP contribution in [0.2, 0.25) is 0 Å². The number of hydrogen-bond acceptors (Lipinski definition) is 5. The van der Waals surface area contributed by atoms with E-state index < -0.39 is 19.7 Å². The van der Waals surface area contributed by atoms with E-state index in [1.54, 1.807) is 0 Å². The van der Waals surface area contributed by atoms with Crippen LogP contribution in [0, 0.1) is 0 Å². The standard InChI is InChI=1S/C2H5O5P.2Na.H2O2.H2O/c3-2(4)1-8(5,6)7;;;1-2;/h1H2,(H,3,4)(H2,5,6,7);;;1H2;1H2/q;2*+1;;/p-2. The van der Waals surface area contributed by atoms with Crippen molar-refractivity contribution in [1.29, 1.82) is 0 Å². The molecular weight excluding hydrogens is 229 g/mol. The maximum atomic E-state index is 9.60. The number of carboxylic acids is 1. The fourth-order valence-corrected chi connectivity index (χ4v) is 0.489. The van der Waals surface area contributed by atoms with Gasteiger partial charge in [-0.1, -0.05) is 0 Å². The number of carboxylic acid groups (broad SMARTS) is 1. The van der Waals surface area contributed by atoms with E-state index >= 15 is 0 Å². The van der Waals surface area contributed by atoms with Gasteiger partial charge in [-0.3, -0.25) is 0 Å². The Balaban J connectivity index is -0.0000000398. The Bertz CT molecular complexity index is 143. The second kappa shape index (κ2) is 15.9. The van der Waals surface area contributed by atoms with E-state index in [0.717, 1.165) is 0 Å². The van der Waals surface area contributed by atoms with E-state index in [1.807, 2.05) is 0 Å². The molecule has 0 aliphatic carbocycles. The molecule has 70 valence electrons. The SMILES string of the molecule is O.O=C([O-])CP(=O)([O-])O.[Na+].[Na+].[O-][OH2+]. The van der Waals surface area contributed by atoms with Crippen molar-refractivity contribution in [2.75, 3.05) is 6.16 Å². The number of aliphatic carboxylic acids is 1. The van der Waals surface area contributed by atoms with Crippen LogP contribution in [-0.4, -0.2) is 27.8 Å². The zero-order valence-electron chi connectivity index (χ0n) is 7.14. The molecule has 0 fully saturated rings. The molecule has 13 heavy (non-hydrogen) atoms. The van der Waals surface area contributed by atoms with Crippen molar-refractivity contribution in [3.8, 4) is 0 Å². The van der Waals surface area contributed by atoms with Crippen molar-refractivity contribution < 1.29 is 99.4 Å². The van der Waals surface area contributed by atoms with Crippen molar-refractivity contribution in [1.82, 2.24) is 0 Å². The van der Waals surface area contributed by atoms with Crippen LogP contribution < -0.4 is 74.4 Å². The van der Waals surface area contributed by atoms with Crippen LogP contribution in [0.15, 0.2) is 0 Å². The van der Waals surface area contributed by atoms with Crippen molar-refractivity contribution in [3.05, 3.63) is 0 Å². The summed E-state index contributed by atoms with van der Waals surface area (Å²) in [5, 5.41) is 21.4. The molecule has 5 N–H and O–H groups in total. The summed E-state index contributed by atoms with van der Waals surface area (Å²) in [6.45, 7) is 0. The molecule has 0 spiro atoms. The fraction of sp³-hybridized carbons (Fsp3) is 0.500. The molecule has 1 atom stereocenters. The second-order valence-electron chi connectivity index (χ2n) is 1.17. The minimum Gasteiger partial charge on any atom is -0.778 e. The monoisotopic (exact) mass is 236 g/mol. The summed E-state index contributed by atoms with van der Waals surface area (Å²) in [6.07, 6.45) is -1.31. The van der Waals surface area contributed by atoms with Crippen LogP contribution in [0.5, 0.6) is 0 Å². The number of hydrogen-bond donors (Lipinski definition) is 1. The normalized spacial score (nSPS) is 11.1. The number of carbonyl (C=O) groups is 1. The van der Waals surface area contributed by atoms with Gasteiger partial charge in [0.2, 0.25) is 0 Å². The Hall–Kier alpha value is 1.50. The van der Waals surface area contributed by atoms with Crippen molar-refractivity contribution in [2.24, 2.45) is 0 Å². The first-order valence-corrected chi connectivity index (χ1v) is 3.61. The average Bonchev–Trinajstić information content (AvgIpc) is 1.64. The predicted octanol–water partition coefficient (Wildman–Crippen LogP) is -11.5. The topological polar surface area (TPSA) is 178 Å². The molecule has 0 aromatic rings. The quantitative estimate of drug-likeness (QED) is 0.163. The molecule has 11 heteroatoms. The van der Waals surface area contributed by atoms with Gasteiger partial charge in [-0.2, -0.15) is 0 Å². The fourth-order valence-electron chi connectivity index (χ4n) is 0.163. The van der Waals surface area contributed by atoms with Crippen LogP contribution >= 0.6 is 7.60 Å². The first-order chi connectivity index (χ1) is 4.42. The first-order valence-electron chi connectivity index (χ1n) is 1.85. The van der Waals surface area contributed by atoms with Gasteiger partial charge < -0.3 is 40.2 Å². The van der Waals surface area contributed by atoms with Gasteiger partial charge in [0.1, 0.15) is 7.60 Å². The molecule has 0 aromatic heterocycles. The molecule has 1 unspecified atom stereocenters. The van der Waals surface area contributed by atoms with E-state index in [-0.39, 0.29) is 64.6 Å². The largest absolute Gasteiger partial charge is 1.00 e. The molecule has 0 saturated carbocycles. The summed E-state index contributed by atoms with van der Waals surface area (Å²) in [7, 11) is -4.63. The Morgan fingerprint density at radius 2 is 1.62 bits per heavy atom. The van der Waals surface area contributed by atoms with Gasteiger partial charge in [0.05, 0.1) is 6.16 Å². The summed E-state index contributed by atoms with van der Waals surface area (Å²) < 4.78 is 9.60. The first kappa shape index (κ1) is 29.3. The smallest absolute Gasteiger partial charge is 0.778 e. The zero-order chi connectivity index (χ0) is 8.78. The van der Waals surface area contributed by atoms with Gasteiger partial charge in [-0.15, -0.1) is 0 Å². The molecule has 0 aromatic carbocycles. The Kier molecular flexibility index (Phi) is 35.9. The van der Waals surface area contributed by atoms with Gasteiger partial charge in [-0.25, -0.2) is 0 Å². The summed E-state index contributed by atoms with van der Waals surface area (Å²) in [6, 6.07) is 0. The van der Waals surface area contributed by atoms with Crippen molar-refractivity contribution in [2.45, 2.75) is 0 Å². The summed E-state index contributed by atoms with van der Waals surface area (Å²) in [4.78, 5) is 26.7. The molecule has 0 rings (SSSR count). The van der Waals surface area contributed by atoms with Gasteiger partial charge in [0.25, 0.3) is 0 Å². The molecule has 0 saturated heterocycles. The molecule has 0 radical (unpaired) electrons. The molecule has 0 aliphatic heterocycles. The Labute approximate surface area is 118 Å². The Morgan fingerprint density at radius 1 is 1.38 bits per heavy atom. The van der Waals surface area contributed by atoms with Crippen LogP contribution in [-0.2, 0) is 9.36 Å². The third-order valence-corrected chi connectivity index (χ3v) is 0.987. The van der Waals surface area contributed by atoms with Crippen LogP contribution in [0.4, 0.5) is 0 Å². The molecule has 0 aliphatic rings. The Morgan fingerprint density at radius 3 is 1.62 bits per heavy atom. The predicted molar refractivity (Wildman–Crippen MR) is 26.9 cm³/mol. The van der Waals surface area contributed by atoms with Gasteiger partial charge in [-0.05, 0) is 0 Å². The third-order valence-electron chi connectivity index (χ3n) is 0.329. The maximum absolute atomic E-state index is 9.60. The van der Waals surface area contributed by atoms with E-state index in [1.165, 1.54) is 0 Å². The van der Waals surface area contributed by atoms with Gasteiger partial charge in [0.15, 0.2) is 0 Å². The van der Waals surface area contributed by atoms with Gasteiger partial charge >= 0.3 is 59.1 Å². The van der Waals surface area contributed by atoms with Crippen molar-refractivity contribution in [3.63, 3.8) is 0 Å². The van der Waals surface area contributed by atoms with Crippen LogP contribution in [0.1, 0.15) is 0 Å². The summed E-state index contributed by atoms with van der Waals surface area (Å²) in [5.41, 5.74) is 0. The second-order valence-corrected chi connectivity index (χ2v) is 2.76.